The van der Waals surface area contributed by atoms with Crippen molar-refractivity contribution in [3.8, 4) is 0 Å². The Labute approximate surface area is 107 Å². The highest BCUT2D eigenvalue weighted by molar-refractivity contribution is 5.88. The van der Waals surface area contributed by atoms with Crippen molar-refractivity contribution in [1.29, 1.82) is 0 Å². The fraction of sp³-hybridized carbons (Fsp3) is 0.929. The van der Waals surface area contributed by atoms with Gasteiger partial charge in [-0.1, -0.05) is 20.8 Å². The number of nitrogens with one attached hydrogen (secondary N) is 1. The van der Waals surface area contributed by atoms with Crippen LogP contribution < -0.4 is 5.32 Å². The Morgan fingerprint density at radius 2 is 1.59 bits per heavy atom. The minimum absolute atomic E-state index is 0.0299. The van der Waals surface area contributed by atoms with Gasteiger partial charge in [0.25, 0.3) is 0 Å². The van der Waals surface area contributed by atoms with E-state index in [0.717, 1.165) is 13.0 Å². The Morgan fingerprint density at radius 1 is 1.12 bits per heavy atom. The zero-order valence-electron chi connectivity index (χ0n) is 12.8. The van der Waals surface area contributed by atoms with E-state index in [4.69, 9.17) is 0 Å². The standard InChI is InChI=1S/C14H30N2O/c1-13(2,3)12(17)11(9-10-16(7)8)15-14(4,5)6/h11,15H,9-10H2,1-8H3. The average molecular weight is 242 g/mol. The van der Waals surface area contributed by atoms with Crippen LogP contribution in [0.5, 0.6) is 0 Å². The number of nitrogens with zero attached hydrogens (tertiary/aromatic N) is 1. The first-order valence-electron chi connectivity index (χ1n) is 6.40. The first-order chi connectivity index (χ1) is 7.43. The molecule has 3 nitrogen and oxygen atoms in total. The van der Waals surface area contributed by atoms with Crippen molar-refractivity contribution >= 4 is 5.78 Å². The lowest BCUT2D eigenvalue weighted by atomic mass is 9.84. The largest absolute Gasteiger partial charge is 0.309 e. The highest BCUT2D eigenvalue weighted by atomic mass is 16.1. The summed E-state index contributed by atoms with van der Waals surface area (Å²) in [7, 11) is 4.07. The summed E-state index contributed by atoms with van der Waals surface area (Å²) in [5.41, 5.74) is -0.312. The Hall–Kier alpha value is -0.410. The lowest BCUT2D eigenvalue weighted by molar-refractivity contribution is -0.129. The molecule has 0 aliphatic heterocycles. The smallest absolute Gasteiger partial charge is 0.155 e. The van der Waals surface area contributed by atoms with Crippen LogP contribution in [-0.2, 0) is 4.79 Å². The molecule has 0 aliphatic carbocycles. The fourth-order valence-electron chi connectivity index (χ4n) is 1.70. The monoisotopic (exact) mass is 242 g/mol. The molecule has 0 radical (unpaired) electrons. The Kier molecular flexibility index (Phi) is 5.82. The second-order valence-electron chi connectivity index (χ2n) is 7.15. The molecule has 0 rings (SSSR count). The van der Waals surface area contributed by atoms with Gasteiger partial charge in [0.05, 0.1) is 6.04 Å². The molecule has 0 heterocycles. The van der Waals surface area contributed by atoms with E-state index in [-0.39, 0.29) is 17.0 Å². The minimum Gasteiger partial charge on any atom is -0.309 e. The van der Waals surface area contributed by atoms with Gasteiger partial charge < -0.3 is 10.2 Å². The maximum absolute atomic E-state index is 12.4. The topological polar surface area (TPSA) is 32.3 Å². The minimum atomic E-state index is -0.283. The molecule has 0 aromatic rings. The van der Waals surface area contributed by atoms with Crippen molar-refractivity contribution in [2.45, 2.75) is 59.5 Å². The third-order valence-corrected chi connectivity index (χ3v) is 2.53. The molecule has 17 heavy (non-hydrogen) atoms. The molecule has 0 aromatic heterocycles. The highest BCUT2D eigenvalue weighted by Gasteiger charge is 2.31. The van der Waals surface area contributed by atoms with Gasteiger partial charge in [-0.05, 0) is 47.8 Å². The number of carbonyl (C=O) groups is 1. The van der Waals surface area contributed by atoms with E-state index in [1.54, 1.807) is 0 Å². The Balaban J connectivity index is 4.68. The number of hydrogen-bond donors (Lipinski definition) is 1. The van der Waals surface area contributed by atoms with E-state index in [1.165, 1.54) is 0 Å². The second kappa shape index (κ2) is 5.96. The van der Waals surface area contributed by atoms with Crippen molar-refractivity contribution in [1.82, 2.24) is 10.2 Å². The second-order valence-corrected chi connectivity index (χ2v) is 7.15. The van der Waals surface area contributed by atoms with Gasteiger partial charge in [-0.3, -0.25) is 4.79 Å². The molecule has 0 aliphatic rings. The maximum atomic E-state index is 12.4. The lowest BCUT2D eigenvalue weighted by Crippen LogP contribution is -2.51. The number of carbonyl (C=O) groups excluding carboxylic acids is 1. The first kappa shape index (κ1) is 16.6. The SMILES string of the molecule is CN(C)CCC(NC(C)(C)C)C(=O)C(C)(C)C. The van der Waals surface area contributed by atoms with E-state index in [1.807, 2.05) is 34.9 Å². The summed E-state index contributed by atoms with van der Waals surface area (Å²) < 4.78 is 0. The molecule has 0 fully saturated rings. The molecular formula is C14H30N2O. The average Bonchev–Trinajstić information content (AvgIpc) is 2.07. The van der Waals surface area contributed by atoms with Crippen molar-refractivity contribution in [3.63, 3.8) is 0 Å². The molecule has 1 unspecified atom stereocenters. The summed E-state index contributed by atoms with van der Waals surface area (Å²) in [5, 5.41) is 3.44. The van der Waals surface area contributed by atoms with Gasteiger partial charge in [0.2, 0.25) is 0 Å². The number of ketones is 1. The van der Waals surface area contributed by atoms with Crippen LogP contribution in [-0.4, -0.2) is 42.9 Å². The van der Waals surface area contributed by atoms with Crippen molar-refractivity contribution in [3.05, 3.63) is 0 Å². The summed E-state index contributed by atoms with van der Waals surface area (Å²) in [5.74, 6) is 0.300. The molecule has 0 amide bonds. The normalized spacial score (nSPS) is 15.1. The third kappa shape index (κ3) is 7.50. The molecule has 1 N–H and O–H groups in total. The van der Waals surface area contributed by atoms with Gasteiger partial charge in [0.15, 0.2) is 5.78 Å². The predicted octanol–water partition coefficient (Wildman–Crippen LogP) is 2.31. The zero-order chi connectivity index (χ0) is 13.9. The van der Waals surface area contributed by atoms with Gasteiger partial charge in [-0.2, -0.15) is 0 Å². The predicted molar refractivity (Wildman–Crippen MR) is 74.3 cm³/mol. The molecule has 3 heteroatoms. The van der Waals surface area contributed by atoms with Crippen LogP contribution in [0.4, 0.5) is 0 Å². The van der Waals surface area contributed by atoms with Crippen LogP contribution in [0, 0.1) is 5.41 Å². The molecular weight excluding hydrogens is 212 g/mol. The Bertz CT molecular complexity index is 246. The maximum Gasteiger partial charge on any atom is 0.155 e. The Morgan fingerprint density at radius 3 is 1.88 bits per heavy atom. The van der Waals surface area contributed by atoms with E-state index in [9.17, 15) is 4.79 Å². The molecule has 1 atom stereocenters. The first-order valence-corrected chi connectivity index (χ1v) is 6.40. The van der Waals surface area contributed by atoms with Crippen LogP contribution in [0.25, 0.3) is 0 Å². The molecule has 0 aromatic carbocycles. The molecule has 102 valence electrons. The molecule has 0 bridgehead atoms. The number of rotatable bonds is 5. The summed E-state index contributed by atoms with van der Waals surface area (Å²) in [6.07, 6.45) is 0.861. The van der Waals surface area contributed by atoms with Crippen LogP contribution >= 0.6 is 0 Å². The van der Waals surface area contributed by atoms with Gasteiger partial charge >= 0.3 is 0 Å². The molecule has 0 spiro atoms. The quantitative estimate of drug-likeness (QED) is 0.803. The summed E-state index contributed by atoms with van der Waals surface area (Å²) in [6.45, 7) is 13.2. The van der Waals surface area contributed by atoms with E-state index in [0.29, 0.717) is 5.78 Å². The van der Waals surface area contributed by atoms with Gasteiger partial charge in [0.1, 0.15) is 0 Å². The fourth-order valence-corrected chi connectivity index (χ4v) is 1.70. The number of hydrogen-bond acceptors (Lipinski definition) is 3. The van der Waals surface area contributed by atoms with Gasteiger partial charge in [-0.25, -0.2) is 0 Å². The molecule has 0 saturated heterocycles. The zero-order valence-corrected chi connectivity index (χ0v) is 12.8. The lowest BCUT2D eigenvalue weighted by Gasteiger charge is -2.32. The summed E-state index contributed by atoms with van der Waals surface area (Å²) in [6, 6.07) is -0.0580. The summed E-state index contributed by atoms with van der Waals surface area (Å²) >= 11 is 0. The van der Waals surface area contributed by atoms with E-state index < -0.39 is 0 Å². The van der Waals surface area contributed by atoms with Crippen molar-refractivity contribution in [2.24, 2.45) is 5.41 Å². The molecule has 0 saturated carbocycles. The van der Waals surface area contributed by atoms with Crippen LogP contribution in [0.3, 0.4) is 0 Å². The van der Waals surface area contributed by atoms with Gasteiger partial charge in [-0.15, -0.1) is 0 Å². The third-order valence-electron chi connectivity index (χ3n) is 2.53. The summed E-state index contributed by atoms with van der Waals surface area (Å²) in [4.78, 5) is 14.5. The van der Waals surface area contributed by atoms with Crippen molar-refractivity contribution in [2.75, 3.05) is 20.6 Å². The van der Waals surface area contributed by atoms with Crippen LogP contribution in [0.1, 0.15) is 48.0 Å². The van der Waals surface area contributed by atoms with Gasteiger partial charge in [0, 0.05) is 11.0 Å². The number of Topliss-reactive ketones (excluding diaryl/α,β-unsaturated/α-hetero) is 1. The van der Waals surface area contributed by atoms with Crippen LogP contribution in [0.15, 0.2) is 0 Å². The van der Waals surface area contributed by atoms with E-state index >= 15 is 0 Å². The van der Waals surface area contributed by atoms with E-state index in [2.05, 4.69) is 31.0 Å². The van der Waals surface area contributed by atoms with Crippen molar-refractivity contribution < 1.29 is 4.79 Å². The highest BCUT2D eigenvalue weighted by Crippen LogP contribution is 2.20. The van der Waals surface area contributed by atoms with Crippen LogP contribution in [0.2, 0.25) is 0 Å².